The van der Waals surface area contributed by atoms with Crippen LogP contribution in [0.2, 0.25) is 0 Å². The van der Waals surface area contributed by atoms with Crippen LogP contribution in [0, 0.1) is 0 Å². The molecule has 0 amide bonds. The largest absolute Gasteiger partial charge is 0.421 e. The van der Waals surface area contributed by atoms with E-state index in [4.69, 9.17) is 5.73 Å². The van der Waals surface area contributed by atoms with Crippen molar-refractivity contribution in [3.05, 3.63) is 23.9 Å². The van der Waals surface area contributed by atoms with Crippen molar-refractivity contribution in [2.45, 2.75) is 18.7 Å². The van der Waals surface area contributed by atoms with Crippen LogP contribution in [-0.4, -0.2) is 16.3 Å². The number of hydrogen-bond acceptors (Lipinski definition) is 3. The lowest BCUT2D eigenvalue weighted by Gasteiger charge is -2.27. The quantitative estimate of drug-likeness (QED) is 0.730. The first kappa shape index (κ1) is 10.8. The molecule has 1 aromatic rings. The van der Waals surface area contributed by atoms with Crippen LogP contribution in [0.15, 0.2) is 18.3 Å². The van der Waals surface area contributed by atoms with Gasteiger partial charge in [-0.1, -0.05) is 6.07 Å². The molecule has 0 fully saturated rings. The van der Waals surface area contributed by atoms with Gasteiger partial charge < -0.3 is 10.8 Å². The third-order valence-corrected chi connectivity index (χ3v) is 1.91. The summed E-state index contributed by atoms with van der Waals surface area (Å²) in [5.41, 5.74) is 1.83. The zero-order chi connectivity index (χ0) is 11.0. The number of nitrogens with two attached hydrogens (primary N) is 1. The van der Waals surface area contributed by atoms with Crippen molar-refractivity contribution in [1.82, 2.24) is 4.98 Å². The van der Waals surface area contributed by atoms with Crippen molar-refractivity contribution < 1.29 is 18.3 Å². The van der Waals surface area contributed by atoms with Gasteiger partial charge in [-0.25, -0.2) is 4.98 Å². The molecule has 3 N–H and O–H groups in total. The standard InChI is InChI=1S/C8H9F3N2O/c1-7(14,8(9,10)11)5-3-2-4-13-6(5)12/h2-4,14H,1H3,(H2,12,13)/t7-/m1/s1. The summed E-state index contributed by atoms with van der Waals surface area (Å²) in [5, 5.41) is 9.26. The highest BCUT2D eigenvalue weighted by atomic mass is 19.4. The number of halogens is 3. The average Bonchev–Trinajstić information content (AvgIpc) is 2.02. The van der Waals surface area contributed by atoms with Gasteiger partial charge in [0.25, 0.3) is 0 Å². The van der Waals surface area contributed by atoms with Gasteiger partial charge in [-0.3, -0.25) is 0 Å². The van der Waals surface area contributed by atoms with Gasteiger partial charge in [-0.2, -0.15) is 13.2 Å². The number of aromatic nitrogens is 1. The van der Waals surface area contributed by atoms with E-state index in [1.54, 1.807) is 0 Å². The van der Waals surface area contributed by atoms with Crippen LogP contribution in [0.1, 0.15) is 12.5 Å². The number of anilines is 1. The van der Waals surface area contributed by atoms with Gasteiger partial charge in [0, 0.05) is 11.8 Å². The molecule has 3 nitrogen and oxygen atoms in total. The van der Waals surface area contributed by atoms with E-state index in [1.165, 1.54) is 12.3 Å². The predicted molar refractivity (Wildman–Crippen MR) is 44.3 cm³/mol. The molecule has 0 aliphatic carbocycles. The minimum atomic E-state index is -4.77. The molecule has 0 unspecified atom stereocenters. The Balaban J connectivity index is 3.23. The Morgan fingerprint density at radius 3 is 2.43 bits per heavy atom. The molecule has 0 bridgehead atoms. The Morgan fingerprint density at radius 2 is 2.00 bits per heavy atom. The molecule has 1 heterocycles. The minimum absolute atomic E-state index is 0.324. The summed E-state index contributed by atoms with van der Waals surface area (Å²) in [6, 6.07) is 2.38. The number of pyridine rings is 1. The maximum Gasteiger partial charge on any atom is 0.421 e. The highest BCUT2D eigenvalue weighted by Crippen LogP contribution is 2.39. The molecule has 1 atom stereocenters. The molecule has 0 spiro atoms. The summed E-state index contributed by atoms with van der Waals surface area (Å²) in [7, 11) is 0. The molecule has 1 aromatic heterocycles. The van der Waals surface area contributed by atoms with E-state index in [0.29, 0.717) is 6.92 Å². The predicted octanol–water partition coefficient (Wildman–Crippen LogP) is 1.43. The maximum atomic E-state index is 12.4. The maximum absolute atomic E-state index is 12.4. The Hall–Kier alpha value is -1.30. The van der Waals surface area contributed by atoms with E-state index in [0.717, 1.165) is 6.07 Å². The van der Waals surface area contributed by atoms with Crippen molar-refractivity contribution in [3.63, 3.8) is 0 Å². The van der Waals surface area contributed by atoms with Gasteiger partial charge >= 0.3 is 6.18 Å². The van der Waals surface area contributed by atoms with Crippen LogP contribution in [0.5, 0.6) is 0 Å². The van der Waals surface area contributed by atoms with E-state index < -0.39 is 17.3 Å². The molecule has 0 saturated carbocycles. The SMILES string of the molecule is C[C@@](O)(c1cccnc1N)C(F)(F)F. The Morgan fingerprint density at radius 1 is 1.43 bits per heavy atom. The van der Waals surface area contributed by atoms with E-state index in [9.17, 15) is 18.3 Å². The molecule has 6 heteroatoms. The summed E-state index contributed by atoms with van der Waals surface area (Å²) in [4.78, 5) is 3.48. The summed E-state index contributed by atoms with van der Waals surface area (Å²) in [5.74, 6) is -0.324. The smallest absolute Gasteiger partial charge is 0.383 e. The third-order valence-electron chi connectivity index (χ3n) is 1.91. The van der Waals surface area contributed by atoms with Crippen molar-refractivity contribution in [2.75, 3.05) is 5.73 Å². The van der Waals surface area contributed by atoms with Gasteiger partial charge in [-0.15, -0.1) is 0 Å². The molecule has 1 rings (SSSR count). The molecular weight excluding hydrogens is 197 g/mol. The molecule has 0 radical (unpaired) electrons. The lowest BCUT2D eigenvalue weighted by Crippen LogP contribution is -2.39. The second-order valence-corrected chi connectivity index (χ2v) is 3.01. The first-order valence-corrected chi connectivity index (χ1v) is 3.77. The number of nitrogens with zero attached hydrogens (tertiary/aromatic N) is 1. The summed E-state index contributed by atoms with van der Waals surface area (Å²) in [6.45, 7) is 0.639. The monoisotopic (exact) mass is 206 g/mol. The van der Waals surface area contributed by atoms with Gasteiger partial charge in [0.2, 0.25) is 0 Å². The van der Waals surface area contributed by atoms with Gasteiger partial charge in [0.15, 0.2) is 5.60 Å². The molecule has 14 heavy (non-hydrogen) atoms. The van der Waals surface area contributed by atoms with Crippen molar-refractivity contribution in [3.8, 4) is 0 Å². The fraction of sp³-hybridized carbons (Fsp3) is 0.375. The van der Waals surface area contributed by atoms with Crippen LogP contribution >= 0.6 is 0 Å². The molecule has 0 aliphatic heterocycles. The lowest BCUT2D eigenvalue weighted by atomic mass is 9.96. The highest BCUT2D eigenvalue weighted by molar-refractivity contribution is 5.43. The van der Waals surface area contributed by atoms with E-state index in [-0.39, 0.29) is 5.82 Å². The number of hydrogen-bond donors (Lipinski definition) is 2. The van der Waals surface area contributed by atoms with Gasteiger partial charge in [0.05, 0.1) is 0 Å². The average molecular weight is 206 g/mol. The zero-order valence-corrected chi connectivity index (χ0v) is 7.34. The number of rotatable bonds is 1. The Kier molecular flexibility index (Phi) is 2.41. The summed E-state index contributed by atoms with van der Waals surface area (Å²) >= 11 is 0. The van der Waals surface area contributed by atoms with Crippen molar-refractivity contribution in [2.24, 2.45) is 0 Å². The van der Waals surface area contributed by atoms with Crippen LogP contribution in [0.25, 0.3) is 0 Å². The molecule has 0 aromatic carbocycles. The normalized spacial score (nSPS) is 16.4. The fourth-order valence-electron chi connectivity index (χ4n) is 0.982. The topological polar surface area (TPSA) is 59.1 Å². The second-order valence-electron chi connectivity index (χ2n) is 3.01. The Bertz CT molecular complexity index is 336. The van der Waals surface area contributed by atoms with Crippen LogP contribution < -0.4 is 5.73 Å². The third kappa shape index (κ3) is 1.65. The zero-order valence-electron chi connectivity index (χ0n) is 7.34. The molecule has 78 valence electrons. The molecule has 0 saturated heterocycles. The number of nitrogen functional groups attached to an aromatic ring is 1. The summed E-state index contributed by atoms with van der Waals surface area (Å²) in [6.07, 6.45) is -3.52. The first-order valence-electron chi connectivity index (χ1n) is 3.77. The van der Waals surface area contributed by atoms with Crippen molar-refractivity contribution >= 4 is 5.82 Å². The molecular formula is C8H9F3N2O. The van der Waals surface area contributed by atoms with Crippen LogP contribution in [-0.2, 0) is 5.60 Å². The van der Waals surface area contributed by atoms with E-state index >= 15 is 0 Å². The highest BCUT2D eigenvalue weighted by Gasteiger charge is 2.52. The molecule has 0 aliphatic rings. The van der Waals surface area contributed by atoms with E-state index in [2.05, 4.69) is 4.98 Å². The number of aliphatic hydroxyl groups is 1. The summed E-state index contributed by atoms with van der Waals surface area (Å²) < 4.78 is 37.1. The van der Waals surface area contributed by atoms with E-state index in [1.807, 2.05) is 0 Å². The van der Waals surface area contributed by atoms with Gasteiger partial charge in [0.1, 0.15) is 5.82 Å². The lowest BCUT2D eigenvalue weighted by molar-refractivity contribution is -0.258. The minimum Gasteiger partial charge on any atom is -0.383 e. The second kappa shape index (κ2) is 3.13. The number of alkyl halides is 3. The van der Waals surface area contributed by atoms with Crippen LogP contribution in [0.4, 0.5) is 19.0 Å². The Labute approximate surface area is 78.4 Å². The fourth-order valence-corrected chi connectivity index (χ4v) is 0.982. The first-order chi connectivity index (χ1) is 6.27. The van der Waals surface area contributed by atoms with Crippen LogP contribution in [0.3, 0.4) is 0 Å². The van der Waals surface area contributed by atoms with Gasteiger partial charge in [-0.05, 0) is 13.0 Å². The van der Waals surface area contributed by atoms with Crippen molar-refractivity contribution in [1.29, 1.82) is 0 Å².